The highest BCUT2D eigenvalue weighted by atomic mass is 16.4. The Morgan fingerprint density at radius 3 is 3.07 bits per heavy atom. The Morgan fingerprint density at radius 1 is 1.57 bits per heavy atom. The average molecular weight is 191 g/mol. The standard InChI is InChI=1S/C10H9NO3/c1-2-5-11-8-6-7(12)3-4-9(8)14-10(11)13/h2-4,6,12H,1,5H2. The van der Waals surface area contributed by atoms with E-state index < -0.39 is 5.76 Å². The maximum absolute atomic E-state index is 11.3. The molecule has 0 aliphatic heterocycles. The zero-order chi connectivity index (χ0) is 10.1. The highest BCUT2D eigenvalue weighted by Crippen LogP contribution is 2.18. The van der Waals surface area contributed by atoms with Crippen LogP contribution >= 0.6 is 0 Å². The molecule has 0 atom stereocenters. The lowest BCUT2D eigenvalue weighted by Crippen LogP contribution is -2.12. The van der Waals surface area contributed by atoms with Gasteiger partial charge in [-0.05, 0) is 12.1 Å². The molecule has 1 heterocycles. The van der Waals surface area contributed by atoms with Crippen molar-refractivity contribution in [2.45, 2.75) is 6.54 Å². The molecule has 1 N–H and O–H groups in total. The van der Waals surface area contributed by atoms with Crippen molar-refractivity contribution >= 4 is 11.1 Å². The van der Waals surface area contributed by atoms with Crippen LogP contribution in [0, 0.1) is 0 Å². The summed E-state index contributed by atoms with van der Waals surface area (Å²) in [4.78, 5) is 11.3. The summed E-state index contributed by atoms with van der Waals surface area (Å²) in [5.41, 5.74) is 1.05. The predicted octanol–water partition coefficient (Wildman–Crippen LogP) is 1.49. The van der Waals surface area contributed by atoms with Crippen molar-refractivity contribution in [1.82, 2.24) is 4.57 Å². The van der Waals surface area contributed by atoms with Crippen LogP contribution in [0.3, 0.4) is 0 Å². The third kappa shape index (κ3) is 1.21. The zero-order valence-electron chi connectivity index (χ0n) is 7.43. The molecule has 0 saturated carbocycles. The minimum Gasteiger partial charge on any atom is -0.508 e. The molecule has 72 valence electrons. The van der Waals surface area contributed by atoms with Gasteiger partial charge in [0.15, 0.2) is 5.58 Å². The summed E-state index contributed by atoms with van der Waals surface area (Å²) in [7, 11) is 0. The first-order valence-electron chi connectivity index (χ1n) is 4.15. The minimum absolute atomic E-state index is 0.108. The van der Waals surface area contributed by atoms with E-state index in [1.165, 1.54) is 16.7 Å². The summed E-state index contributed by atoms with van der Waals surface area (Å²) in [6.07, 6.45) is 1.60. The fourth-order valence-corrected chi connectivity index (χ4v) is 1.35. The number of aromatic nitrogens is 1. The second-order valence-corrected chi connectivity index (χ2v) is 2.92. The lowest BCUT2D eigenvalue weighted by molar-refractivity contribution is 0.475. The fraction of sp³-hybridized carbons (Fsp3) is 0.100. The largest absolute Gasteiger partial charge is 0.508 e. The van der Waals surface area contributed by atoms with Gasteiger partial charge in [-0.1, -0.05) is 6.08 Å². The number of oxazole rings is 1. The van der Waals surface area contributed by atoms with Gasteiger partial charge in [-0.2, -0.15) is 0 Å². The maximum atomic E-state index is 11.3. The minimum atomic E-state index is -0.439. The second kappa shape index (κ2) is 3.06. The number of phenolic OH excluding ortho intramolecular Hbond substituents is 1. The Bertz CT molecular complexity index is 536. The summed E-state index contributed by atoms with van der Waals surface area (Å²) in [6, 6.07) is 4.53. The molecule has 4 heteroatoms. The summed E-state index contributed by atoms with van der Waals surface area (Å²) >= 11 is 0. The molecule has 0 radical (unpaired) electrons. The molecule has 4 nitrogen and oxygen atoms in total. The maximum Gasteiger partial charge on any atom is 0.420 e. The first kappa shape index (κ1) is 8.62. The summed E-state index contributed by atoms with van der Waals surface area (Å²) in [5, 5.41) is 9.25. The van der Waals surface area contributed by atoms with Crippen molar-refractivity contribution in [3.8, 4) is 5.75 Å². The Balaban J connectivity index is 2.79. The van der Waals surface area contributed by atoms with E-state index in [4.69, 9.17) is 4.42 Å². The molecule has 2 rings (SSSR count). The molecular formula is C10H9NO3. The van der Waals surface area contributed by atoms with Gasteiger partial charge < -0.3 is 9.52 Å². The highest BCUT2D eigenvalue weighted by molar-refractivity contribution is 5.74. The summed E-state index contributed by atoms with van der Waals surface area (Å²) < 4.78 is 6.36. The van der Waals surface area contributed by atoms with E-state index in [1.54, 1.807) is 12.1 Å². The molecule has 0 spiro atoms. The van der Waals surface area contributed by atoms with Gasteiger partial charge in [-0.15, -0.1) is 6.58 Å². The number of rotatable bonds is 2. The van der Waals surface area contributed by atoms with Crippen molar-refractivity contribution in [2.75, 3.05) is 0 Å². The lowest BCUT2D eigenvalue weighted by Gasteiger charge is -1.96. The molecule has 2 aromatic rings. The molecule has 1 aromatic carbocycles. The van der Waals surface area contributed by atoms with Crippen LogP contribution in [0.2, 0.25) is 0 Å². The van der Waals surface area contributed by atoms with Crippen LogP contribution in [0.5, 0.6) is 5.75 Å². The quantitative estimate of drug-likeness (QED) is 0.731. The van der Waals surface area contributed by atoms with E-state index in [9.17, 15) is 9.90 Å². The number of nitrogens with zero attached hydrogens (tertiary/aromatic N) is 1. The topological polar surface area (TPSA) is 55.4 Å². The van der Waals surface area contributed by atoms with Gasteiger partial charge in [-0.3, -0.25) is 4.57 Å². The van der Waals surface area contributed by atoms with Crippen LogP contribution in [0.4, 0.5) is 0 Å². The van der Waals surface area contributed by atoms with Crippen LogP contribution in [-0.2, 0) is 6.54 Å². The number of benzene rings is 1. The van der Waals surface area contributed by atoms with E-state index in [0.29, 0.717) is 17.6 Å². The molecule has 0 bridgehead atoms. The van der Waals surface area contributed by atoms with Crippen molar-refractivity contribution in [1.29, 1.82) is 0 Å². The van der Waals surface area contributed by atoms with Crippen molar-refractivity contribution in [3.63, 3.8) is 0 Å². The Morgan fingerprint density at radius 2 is 2.36 bits per heavy atom. The van der Waals surface area contributed by atoms with E-state index in [1.807, 2.05) is 0 Å². The van der Waals surface area contributed by atoms with Gasteiger partial charge in [0.2, 0.25) is 0 Å². The average Bonchev–Trinajstić information content (AvgIpc) is 2.45. The van der Waals surface area contributed by atoms with Gasteiger partial charge in [-0.25, -0.2) is 4.79 Å². The predicted molar refractivity (Wildman–Crippen MR) is 52.3 cm³/mol. The van der Waals surface area contributed by atoms with Gasteiger partial charge in [0.25, 0.3) is 0 Å². The van der Waals surface area contributed by atoms with Crippen LogP contribution < -0.4 is 5.76 Å². The van der Waals surface area contributed by atoms with Crippen LogP contribution in [0.25, 0.3) is 11.1 Å². The highest BCUT2D eigenvalue weighted by Gasteiger charge is 2.07. The first-order chi connectivity index (χ1) is 6.72. The smallest absolute Gasteiger partial charge is 0.420 e. The first-order valence-corrected chi connectivity index (χ1v) is 4.15. The molecule has 0 fully saturated rings. The monoisotopic (exact) mass is 191 g/mol. The molecule has 0 saturated heterocycles. The molecule has 1 aromatic heterocycles. The van der Waals surface area contributed by atoms with E-state index >= 15 is 0 Å². The number of hydrogen-bond donors (Lipinski definition) is 1. The number of phenols is 1. The van der Waals surface area contributed by atoms with Gasteiger partial charge in [0, 0.05) is 12.6 Å². The van der Waals surface area contributed by atoms with E-state index in [-0.39, 0.29) is 5.75 Å². The lowest BCUT2D eigenvalue weighted by atomic mass is 10.3. The van der Waals surface area contributed by atoms with E-state index in [2.05, 4.69) is 6.58 Å². The van der Waals surface area contributed by atoms with E-state index in [0.717, 1.165) is 0 Å². The molecule has 0 amide bonds. The Labute approximate surface area is 79.7 Å². The Kier molecular flexibility index (Phi) is 1.89. The van der Waals surface area contributed by atoms with Crippen molar-refractivity contribution < 1.29 is 9.52 Å². The van der Waals surface area contributed by atoms with Crippen LogP contribution in [-0.4, -0.2) is 9.67 Å². The number of allylic oxidation sites excluding steroid dienone is 1. The second-order valence-electron chi connectivity index (χ2n) is 2.92. The number of fused-ring (bicyclic) bond motifs is 1. The molecule has 0 aliphatic carbocycles. The normalized spacial score (nSPS) is 10.6. The molecule has 0 unspecified atom stereocenters. The number of hydrogen-bond acceptors (Lipinski definition) is 3. The van der Waals surface area contributed by atoms with Crippen molar-refractivity contribution in [3.05, 3.63) is 41.4 Å². The Hall–Kier alpha value is -1.97. The SMILES string of the molecule is C=CCn1c(=O)oc2ccc(O)cc21. The third-order valence-corrected chi connectivity index (χ3v) is 1.96. The third-order valence-electron chi connectivity index (χ3n) is 1.96. The van der Waals surface area contributed by atoms with Gasteiger partial charge in [0.05, 0.1) is 5.52 Å². The van der Waals surface area contributed by atoms with Crippen LogP contribution in [0.1, 0.15) is 0 Å². The van der Waals surface area contributed by atoms with Crippen molar-refractivity contribution in [2.24, 2.45) is 0 Å². The summed E-state index contributed by atoms with van der Waals surface area (Å²) in [5.74, 6) is -0.332. The van der Waals surface area contributed by atoms with Gasteiger partial charge >= 0.3 is 5.76 Å². The zero-order valence-corrected chi connectivity index (χ0v) is 7.43. The summed E-state index contributed by atoms with van der Waals surface area (Å²) in [6.45, 7) is 3.91. The van der Waals surface area contributed by atoms with Gasteiger partial charge in [0.1, 0.15) is 5.75 Å². The molecular weight excluding hydrogens is 182 g/mol. The number of aromatic hydroxyl groups is 1. The van der Waals surface area contributed by atoms with Crippen LogP contribution in [0.15, 0.2) is 40.1 Å². The molecule has 0 aliphatic rings. The fourth-order valence-electron chi connectivity index (χ4n) is 1.35. The molecule has 14 heavy (non-hydrogen) atoms.